The fourth-order valence-corrected chi connectivity index (χ4v) is 2.81. The Kier molecular flexibility index (Phi) is 4.73. The lowest BCUT2D eigenvalue weighted by molar-refractivity contribution is 0.0995. The molecule has 121 valence electrons. The molecule has 1 radical (unpaired) electrons. The first-order valence-corrected chi connectivity index (χ1v) is 7.80. The van der Waals surface area contributed by atoms with E-state index in [-0.39, 0.29) is 5.69 Å². The predicted octanol–water partition coefficient (Wildman–Crippen LogP) is 1.17. The van der Waals surface area contributed by atoms with Gasteiger partial charge in [-0.3, -0.25) is 9.69 Å². The third-order valence-corrected chi connectivity index (χ3v) is 4.07. The standard InChI is InChI=1S/C18H18N5O/c19-12-14-3-1-4-15(11-14)13-22-7-9-23(10-8-22)17-6-2-5-16(21-17)18(20)24/h1-4,6,11H,7-10,13H2,(H2,20,24). The third-order valence-electron chi connectivity index (χ3n) is 4.07. The van der Waals surface area contributed by atoms with Crippen molar-refractivity contribution in [1.29, 1.82) is 5.26 Å². The van der Waals surface area contributed by atoms with E-state index < -0.39 is 5.91 Å². The average molecular weight is 320 g/mol. The van der Waals surface area contributed by atoms with Gasteiger partial charge >= 0.3 is 0 Å². The van der Waals surface area contributed by atoms with Gasteiger partial charge in [0.2, 0.25) is 0 Å². The smallest absolute Gasteiger partial charge is 0.268 e. The number of rotatable bonds is 4. The molecular formula is C18H18N5O. The molecule has 2 N–H and O–H groups in total. The zero-order chi connectivity index (χ0) is 16.9. The summed E-state index contributed by atoms with van der Waals surface area (Å²) in [5.41, 5.74) is 7.27. The topological polar surface area (TPSA) is 86.3 Å². The maximum atomic E-state index is 11.2. The number of benzene rings is 1. The van der Waals surface area contributed by atoms with Crippen molar-refractivity contribution >= 4 is 11.7 Å². The molecule has 6 heteroatoms. The summed E-state index contributed by atoms with van der Waals surface area (Å²) >= 11 is 0. The largest absolute Gasteiger partial charge is 0.364 e. The Morgan fingerprint density at radius 1 is 1.29 bits per heavy atom. The molecule has 2 aromatic rings. The molecule has 0 unspecified atom stereocenters. The van der Waals surface area contributed by atoms with Crippen molar-refractivity contribution < 1.29 is 4.79 Å². The first-order valence-electron chi connectivity index (χ1n) is 7.80. The van der Waals surface area contributed by atoms with Crippen LogP contribution in [0, 0.1) is 17.4 Å². The number of aromatic nitrogens is 1. The number of hydrogen-bond donors (Lipinski definition) is 1. The van der Waals surface area contributed by atoms with Gasteiger partial charge in [0.1, 0.15) is 11.5 Å². The van der Waals surface area contributed by atoms with E-state index in [1.54, 1.807) is 6.07 Å². The Labute approximate surface area is 141 Å². The monoisotopic (exact) mass is 320 g/mol. The number of carbonyl (C=O) groups is 1. The van der Waals surface area contributed by atoms with Crippen LogP contribution in [0.25, 0.3) is 0 Å². The first kappa shape index (κ1) is 16.0. The van der Waals surface area contributed by atoms with Crippen LogP contribution in [-0.4, -0.2) is 42.0 Å². The highest BCUT2D eigenvalue weighted by molar-refractivity contribution is 5.90. The molecule has 1 aliphatic rings. The van der Waals surface area contributed by atoms with Crippen molar-refractivity contribution in [2.45, 2.75) is 6.54 Å². The number of anilines is 1. The van der Waals surface area contributed by atoms with E-state index in [4.69, 9.17) is 11.0 Å². The molecule has 0 bridgehead atoms. The summed E-state index contributed by atoms with van der Waals surface area (Å²) < 4.78 is 0. The van der Waals surface area contributed by atoms with Gasteiger partial charge in [-0.25, -0.2) is 4.98 Å². The maximum Gasteiger partial charge on any atom is 0.268 e. The Hall–Kier alpha value is -2.91. The molecule has 6 nitrogen and oxygen atoms in total. The van der Waals surface area contributed by atoms with Crippen molar-refractivity contribution in [2.75, 3.05) is 31.1 Å². The lowest BCUT2D eigenvalue weighted by atomic mass is 10.1. The number of carbonyl (C=O) groups excluding carboxylic acids is 1. The summed E-state index contributed by atoms with van der Waals surface area (Å²) in [6.07, 6.45) is 0. The van der Waals surface area contributed by atoms with Gasteiger partial charge in [-0.1, -0.05) is 12.1 Å². The fraction of sp³-hybridized carbons (Fsp3) is 0.278. The van der Waals surface area contributed by atoms with Crippen LogP contribution in [-0.2, 0) is 6.54 Å². The average Bonchev–Trinajstić information content (AvgIpc) is 2.62. The van der Waals surface area contributed by atoms with Crippen molar-refractivity contribution in [3.05, 3.63) is 59.3 Å². The van der Waals surface area contributed by atoms with Gasteiger partial charge in [-0.05, 0) is 29.8 Å². The highest BCUT2D eigenvalue weighted by Gasteiger charge is 2.19. The Morgan fingerprint density at radius 3 is 2.79 bits per heavy atom. The number of nitriles is 1. The number of amides is 1. The van der Waals surface area contributed by atoms with Gasteiger partial charge in [0.05, 0.1) is 11.6 Å². The van der Waals surface area contributed by atoms with E-state index in [1.165, 1.54) is 0 Å². The molecule has 2 heterocycles. The van der Waals surface area contributed by atoms with Gasteiger partial charge in [0.25, 0.3) is 5.91 Å². The molecule has 1 aromatic heterocycles. The molecule has 0 spiro atoms. The van der Waals surface area contributed by atoms with Gasteiger partial charge < -0.3 is 10.6 Å². The molecule has 0 saturated carbocycles. The fourth-order valence-electron chi connectivity index (χ4n) is 2.81. The van der Waals surface area contributed by atoms with E-state index >= 15 is 0 Å². The summed E-state index contributed by atoms with van der Waals surface area (Å²) in [5.74, 6) is 0.196. The minimum Gasteiger partial charge on any atom is -0.364 e. The molecule has 1 amide bonds. The number of nitrogens with two attached hydrogens (primary N) is 1. The van der Waals surface area contributed by atoms with Crippen LogP contribution >= 0.6 is 0 Å². The molecule has 3 rings (SSSR count). The zero-order valence-corrected chi connectivity index (χ0v) is 13.3. The van der Waals surface area contributed by atoms with Crippen molar-refractivity contribution in [3.8, 4) is 6.07 Å². The molecule has 1 saturated heterocycles. The van der Waals surface area contributed by atoms with Crippen LogP contribution in [0.3, 0.4) is 0 Å². The van der Waals surface area contributed by atoms with Crippen LogP contribution in [0.1, 0.15) is 21.6 Å². The molecular weight excluding hydrogens is 302 g/mol. The number of primary amides is 1. The van der Waals surface area contributed by atoms with Crippen molar-refractivity contribution in [3.63, 3.8) is 0 Å². The first-order chi connectivity index (χ1) is 11.7. The van der Waals surface area contributed by atoms with E-state index in [9.17, 15) is 4.79 Å². The Morgan fingerprint density at radius 2 is 2.08 bits per heavy atom. The van der Waals surface area contributed by atoms with Gasteiger partial charge in [-0.15, -0.1) is 0 Å². The van der Waals surface area contributed by atoms with Crippen LogP contribution in [0.4, 0.5) is 5.82 Å². The highest BCUT2D eigenvalue weighted by Crippen LogP contribution is 2.16. The van der Waals surface area contributed by atoms with Crippen LogP contribution in [0.2, 0.25) is 0 Å². The quantitative estimate of drug-likeness (QED) is 0.914. The second kappa shape index (κ2) is 7.11. The van der Waals surface area contributed by atoms with Gasteiger partial charge in [0.15, 0.2) is 0 Å². The third kappa shape index (κ3) is 3.70. The van der Waals surface area contributed by atoms with Crippen molar-refractivity contribution in [2.24, 2.45) is 5.73 Å². The molecule has 1 aliphatic heterocycles. The molecule has 0 atom stereocenters. The summed E-state index contributed by atoms with van der Waals surface area (Å²) in [6, 6.07) is 16.2. The molecule has 24 heavy (non-hydrogen) atoms. The summed E-state index contributed by atoms with van der Waals surface area (Å²) in [4.78, 5) is 20.0. The minimum absolute atomic E-state index is 0.170. The summed E-state index contributed by atoms with van der Waals surface area (Å²) in [5, 5.41) is 8.98. The molecule has 1 fully saturated rings. The number of pyridine rings is 1. The maximum absolute atomic E-state index is 11.2. The van der Waals surface area contributed by atoms with Crippen LogP contribution in [0.5, 0.6) is 0 Å². The van der Waals surface area contributed by atoms with Gasteiger partial charge in [0, 0.05) is 38.8 Å². The van der Waals surface area contributed by atoms with Crippen LogP contribution < -0.4 is 10.6 Å². The summed E-state index contributed by atoms with van der Waals surface area (Å²) in [6.45, 7) is 4.26. The lowest BCUT2D eigenvalue weighted by Gasteiger charge is -2.35. The van der Waals surface area contributed by atoms with Crippen molar-refractivity contribution in [1.82, 2.24) is 9.88 Å². The van der Waals surface area contributed by atoms with Gasteiger partial charge in [-0.2, -0.15) is 5.26 Å². The molecule has 1 aromatic carbocycles. The number of piperazine rings is 1. The number of hydrogen-bond acceptors (Lipinski definition) is 5. The predicted molar refractivity (Wildman–Crippen MR) is 90.2 cm³/mol. The Balaban J connectivity index is 1.60. The van der Waals surface area contributed by atoms with E-state index in [1.807, 2.05) is 30.3 Å². The minimum atomic E-state index is -0.562. The number of nitrogens with zero attached hydrogens (tertiary/aromatic N) is 4. The van der Waals surface area contributed by atoms with E-state index in [0.717, 1.165) is 44.1 Å². The second-order valence-corrected chi connectivity index (χ2v) is 5.74. The molecule has 0 aliphatic carbocycles. The summed E-state index contributed by atoms with van der Waals surface area (Å²) in [7, 11) is 0. The highest BCUT2D eigenvalue weighted by atomic mass is 16.1. The Bertz CT molecular complexity index is 775. The van der Waals surface area contributed by atoms with E-state index in [0.29, 0.717) is 5.56 Å². The van der Waals surface area contributed by atoms with Crippen LogP contribution in [0.15, 0.2) is 36.4 Å². The zero-order valence-electron chi connectivity index (χ0n) is 13.3. The SMILES string of the molecule is N#Cc1cccc(CN2CCN(c3cc[c]c(C(N)=O)n3)CC2)c1. The lowest BCUT2D eigenvalue weighted by Crippen LogP contribution is -2.46. The van der Waals surface area contributed by atoms with E-state index in [2.05, 4.69) is 26.9 Å². The normalized spacial score (nSPS) is 15.0. The second-order valence-electron chi connectivity index (χ2n) is 5.74.